The second-order valence-electron chi connectivity index (χ2n) is 5.51. The maximum absolute atomic E-state index is 10.6. The molecule has 2 rings (SSSR count). The van der Waals surface area contributed by atoms with E-state index in [2.05, 4.69) is 32.0 Å². The summed E-state index contributed by atoms with van der Waals surface area (Å²) in [6.45, 7) is 4.44. The van der Waals surface area contributed by atoms with Crippen LogP contribution in [0.5, 0.6) is 0 Å². The predicted octanol–water partition coefficient (Wildman–Crippen LogP) is 4.40. The van der Waals surface area contributed by atoms with Crippen LogP contribution >= 0.6 is 11.8 Å². The fourth-order valence-electron chi connectivity index (χ4n) is 2.59. The van der Waals surface area contributed by atoms with E-state index in [-0.39, 0.29) is 6.42 Å². The molecule has 0 spiro atoms. The van der Waals surface area contributed by atoms with Crippen LogP contribution in [0.2, 0.25) is 0 Å². The highest BCUT2D eigenvalue weighted by Gasteiger charge is 2.21. The Kier molecular flexibility index (Phi) is 4.92. The van der Waals surface area contributed by atoms with Gasteiger partial charge in [-0.1, -0.05) is 32.0 Å². The number of carboxylic acid groups (broad SMARTS) is 1. The van der Waals surface area contributed by atoms with Crippen molar-refractivity contribution >= 4 is 17.7 Å². The molecular formula is C16H22O2S. The highest BCUT2D eigenvalue weighted by atomic mass is 32.2. The lowest BCUT2D eigenvalue weighted by Crippen LogP contribution is -2.09. The first-order chi connectivity index (χ1) is 9.08. The van der Waals surface area contributed by atoms with Crippen molar-refractivity contribution in [3.05, 3.63) is 34.9 Å². The van der Waals surface area contributed by atoms with Crippen LogP contribution in [0, 0.1) is 0 Å². The van der Waals surface area contributed by atoms with Crippen molar-refractivity contribution in [3.8, 4) is 0 Å². The van der Waals surface area contributed by atoms with Crippen molar-refractivity contribution in [1.29, 1.82) is 0 Å². The van der Waals surface area contributed by atoms with Crippen molar-refractivity contribution < 1.29 is 9.90 Å². The minimum atomic E-state index is -0.695. The van der Waals surface area contributed by atoms with Crippen molar-refractivity contribution in [1.82, 2.24) is 0 Å². The van der Waals surface area contributed by atoms with E-state index in [9.17, 15) is 4.79 Å². The maximum atomic E-state index is 10.6. The van der Waals surface area contributed by atoms with Crippen molar-refractivity contribution in [3.63, 3.8) is 0 Å². The summed E-state index contributed by atoms with van der Waals surface area (Å²) in [5.74, 6) is 0.571. The molecule has 1 aromatic carbocycles. The molecule has 0 aliphatic heterocycles. The van der Waals surface area contributed by atoms with Gasteiger partial charge in [0, 0.05) is 11.0 Å². The molecule has 0 saturated carbocycles. The summed E-state index contributed by atoms with van der Waals surface area (Å²) < 4.78 is 0. The second kappa shape index (κ2) is 6.47. The number of hydrogen-bond acceptors (Lipinski definition) is 2. The molecule has 1 unspecified atom stereocenters. The first-order valence-electron chi connectivity index (χ1n) is 7.04. The number of aliphatic carboxylic acids is 1. The van der Waals surface area contributed by atoms with Gasteiger partial charge in [0.1, 0.15) is 0 Å². The van der Waals surface area contributed by atoms with Gasteiger partial charge in [0.05, 0.1) is 6.42 Å². The van der Waals surface area contributed by atoms with Crippen molar-refractivity contribution in [2.45, 2.75) is 50.7 Å². The standard InChI is InChI=1S/C16H22O2S/c1-11(2)13-7-6-12-4-3-5-15(14(12)10-13)19-9-8-16(17)18/h6-7,10-11,15H,3-5,8-9H2,1-2H3,(H,17,18). The normalized spacial score (nSPS) is 18.4. The van der Waals surface area contributed by atoms with E-state index in [0.29, 0.717) is 16.9 Å². The first kappa shape index (κ1) is 14.4. The van der Waals surface area contributed by atoms with Crippen LogP contribution in [0.3, 0.4) is 0 Å². The van der Waals surface area contributed by atoms with Gasteiger partial charge < -0.3 is 5.11 Å². The number of benzene rings is 1. The van der Waals surface area contributed by atoms with Gasteiger partial charge in [-0.2, -0.15) is 11.8 Å². The average molecular weight is 278 g/mol. The SMILES string of the molecule is CC(C)c1ccc2c(c1)C(SCCC(=O)O)CCC2. The summed E-state index contributed by atoms with van der Waals surface area (Å²) >= 11 is 1.81. The fraction of sp³-hybridized carbons (Fsp3) is 0.562. The smallest absolute Gasteiger partial charge is 0.304 e. The molecule has 3 heteroatoms. The zero-order valence-electron chi connectivity index (χ0n) is 11.7. The molecule has 1 aliphatic rings. The molecule has 0 aromatic heterocycles. The lowest BCUT2D eigenvalue weighted by molar-refractivity contribution is -0.136. The summed E-state index contributed by atoms with van der Waals surface area (Å²) in [5.41, 5.74) is 4.31. The largest absolute Gasteiger partial charge is 0.481 e. The van der Waals surface area contributed by atoms with Crippen LogP contribution in [-0.4, -0.2) is 16.8 Å². The zero-order valence-corrected chi connectivity index (χ0v) is 12.5. The van der Waals surface area contributed by atoms with Crippen molar-refractivity contribution in [2.24, 2.45) is 0 Å². The van der Waals surface area contributed by atoms with E-state index in [1.54, 1.807) is 0 Å². The molecule has 0 heterocycles. The molecule has 1 atom stereocenters. The maximum Gasteiger partial charge on any atom is 0.304 e. The van der Waals surface area contributed by atoms with Gasteiger partial charge in [-0.3, -0.25) is 4.79 Å². The van der Waals surface area contributed by atoms with Gasteiger partial charge in [0.2, 0.25) is 0 Å². The van der Waals surface area contributed by atoms with Crippen LogP contribution in [0.15, 0.2) is 18.2 Å². The molecule has 0 fully saturated rings. The number of hydrogen-bond donors (Lipinski definition) is 1. The van der Waals surface area contributed by atoms with Crippen molar-refractivity contribution in [2.75, 3.05) is 5.75 Å². The van der Waals surface area contributed by atoms with E-state index in [1.165, 1.54) is 36.0 Å². The molecule has 0 bridgehead atoms. The number of fused-ring (bicyclic) bond motifs is 1. The van der Waals surface area contributed by atoms with Crippen LogP contribution in [-0.2, 0) is 11.2 Å². The number of carbonyl (C=O) groups is 1. The number of rotatable bonds is 5. The van der Waals surface area contributed by atoms with E-state index < -0.39 is 5.97 Å². The van der Waals surface area contributed by atoms with E-state index in [4.69, 9.17) is 5.11 Å². The summed E-state index contributed by atoms with van der Waals surface area (Å²) in [4.78, 5) is 10.6. The minimum absolute atomic E-state index is 0.264. The molecule has 1 N–H and O–H groups in total. The summed E-state index contributed by atoms with van der Waals surface area (Å²) in [6.07, 6.45) is 3.83. The van der Waals surface area contributed by atoms with Crippen LogP contribution in [0.1, 0.15) is 61.0 Å². The van der Waals surface area contributed by atoms with Gasteiger partial charge in [-0.25, -0.2) is 0 Å². The lowest BCUT2D eigenvalue weighted by atomic mass is 9.88. The monoisotopic (exact) mass is 278 g/mol. The first-order valence-corrected chi connectivity index (χ1v) is 8.09. The molecule has 0 radical (unpaired) electrons. The Morgan fingerprint density at radius 2 is 2.26 bits per heavy atom. The molecule has 0 amide bonds. The Labute approximate surface area is 119 Å². The third-order valence-corrected chi connectivity index (χ3v) is 5.06. The molecule has 2 nitrogen and oxygen atoms in total. The van der Waals surface area contributed by atoms with Gasteiger partial charge in [-0.05, 0) is 41.9 Å². The number of carboxylic acids is 1. The zero-order chi connectivity index (χ0) is 13.8. The fourth-order valence-corrected chi connectivity index (χ4v) is 3.90. The van der Waals surface area contributed by atoms with E-state index in [1.807, 2.05) is 11.8 Å². The topological polar surface area (TPSA) is 37.3 Å². The van der Waals surface area contributed by atoms with Gasteiger partial charge in [-0.15, -0.1) is 0 Å². The Morgan fingerprint density at radius 3 is 2.95 bits per heavy atom. The quantitative estimate of drug-likeness (QED) is 0.867. The molecule has 0 saturated heterocycles. The minimum Gasteiger partial charge on any atom is -0.481 e. The van der Waals surface area contributed by atoms with Crippen LogP contribution in [0.25, 0.3) is 0 Å². The summed E-state index contributed by atoms with van der Waals surface area (Å²) in [5, 5.41) is 9.23. The highest BCUT2D eigenvalue weighted by molar-refractivity contribution is 7.99. The third-order valence-electron chi connectivity index (χ3n) is 3.73. The molecule has 1 aliphatic carbocycles. The Hall–Kier alpha value is -0.960. The summed E-state index contributed by atoms with van der Waals surface area (Å²) in [7, 11) is 0. The second-order valence-corrected chi connectivity index (χ2v) is 6.82. The average Bonchev–Trinajstić information content (AvgIpc) is 2.38. The third kappa shape index (κ3) is 3.75. The highest BCUT2D eigenvalue weighted by Crippen LogP contribution is 2.40. The molecule has 1 aromatic rings. The van der Waals surface area contributed by atoms with Gasteiger partial charge >= 0.3 is 5.97 Å². The molecule has 104 valence electrons. The molecule has 19 heavy (non-hydrogen) atoms. The molecular weight excluding hydrogens is 256 g/mol. The Bertz CT molecular complexity index is 454. The predicted molar refractivity (Wildman–Crippen MR) is 80.9 cm³/mol. The van der Waals surface area contributed by atoms with Crippen LogP contribution in [0.4, 0.5) is 0 Å². The van der Waals surface area contributed by atoms with E-state index >= 15 is 0 Å². The number of thioether (sulfide) groups is 1. The van der Waals surface area contributed by atoms with Crippen LogP contribution < -0.4 is 0 Å². The lowest BCUT2D eigenvalue weighted by Gasteiger charge is -2.26. The van der Waals surface area contributed by atoms with E-state index in [0.717, 1.165) is 0 Å². The summed E-state index contributed by atoms with van der Waals surface area (Å²) in [6, 6.07) is 6.86. The Morgan fingerprint density at radius 1 is 1.47 bits per heavy atom. The Balaban J connectivity index is 2.12. The van der Waals surface area contributed by atoms with Gasteiger partial charge in [0.25, 0.3) is 0 Å². The number of aryl methyl sites for hydroxylation is 1. The van der Waals surface area contributed by atoms with Gasteiger partial charge in [0.15, 0.2) is 0 Å².